The first-order valence-corrected chi connectivity index (χ1v) is 11.9. The normalized spacial score (nSPS) is 19.0. The minimum atomic E-state index is -0.272. The summed E-state index contributed by atoms with van der Waals surface area (Å²) >= 11 is 5.95. The minimum Gasteiger partial charge on any atom is -0.495 e. The summed E-state index contributed by atoms with van der Waals surface area (Å²) in [4.78, 5) is 31.5. The van der Waals surface area contributed by atoms with E-state index in [1.54, 1.807) is 37.6 Å². The zero-order valence-corrected chi connectivity index (χ0v) is 20.0. The summed E-state index contributed by atoms with van der Waals surface area (Å²) in [7, 11) is 1.61. The van der Waals surface area contributed by atoms with Crippen molar-refractivity contribution in [3.8, 4) is 5.75 Å². The number of hydrogen-bond acceptors (Lipinski definition) is 5. The molecule has 8 nitrogen and oxygen atoms in total. The van der Waals surface area contributed by atoms with Crippen molar-refractivity contribution in [3.05, 3.63) is 77.1 Å². The maximum atomic E-state index is 12.8. The van der Waals surface area contributed by atoms with E-state index in [4.69, 9.17) is 16.3 Å². The molecule has 9 heteroatoms. The third-order valence-electron chi connectivity index (χ3n) is 6.49. The molecule has 0 radical (unpaired) electrons. The first-order valence-electron chi connectivity index (χ1n) is 11.5. The summed E-state index contributed by atoms with van der Waals surface area (Å²) in [6.45, 7) is 1.43. The fourth-order valence-corrected chi connectivity index (χ4v) is 4.80. The number of nitrogens with zero attached hydrogens (tertiary/aromatic N) is 2. The van der Waals surface area contributed by atoms with Gasteiger partial charge in [0.2, 0.25) is 5.91 Å². The number of halogens is 1. The minimum absolute atomic E-state index is 0.0204. The predicted octanol–water partition coefficient (Wildman–Crippen LogP) is 4.42. The Kier molecular flexibility index (Phi) is 6.46. The van der Waals surface area contributed by atoms with Gasteiger partial charge in [-0.05, 0) is 66.6 Å². The Morgan fingerprint density at radius 1 is 1.17 bits per heavy atom. The third kappa shape index (κ3) is 5.17. The highest BCUT2D eigenvalue weighted by molar-refractivity contribution is 6.30. The van der Waals surface area contributed by atoms with Crippen LogP contribution in [0, 0.1) is 0 Å². The highest BCUT2D eigenvalue weighted by atomic mass is 35.5. The quantitative estimate of drug-likeness (QED) is 0.491. The second-order valence-electron chi connectivity index (χ2n) is 8.74. The van der Waals surface area contributed by atoms with E-state index in [1.165, 1.54) is 0 Å². The molecule has 2 aromatic carbocycles. The Morgan fingerprint density at radius 3 is 2.74 bits per heavy atom. The summed E-state index contributed by atoms with van der Waals surface area (Å²) in [5, 5.41) is 9.52. The molecule has 0 aliphatic carbocycles. The summed E-state index contributed by atoms with van der Waals surface area (Å²) in [5.74, 6) is 0.660. The van der Waals surface area contributed by atoms with Crippen molar-refractivity contribution in [2.45, 2.75) is 24.8 Å². The van der Waals surface area contributed by atoms with E-state index in [0.717, 1.165) is 35.6 Å². The van der Waals surface area contributed by atoms with E-state index in [9.17, 15) is 9.59 Å². The molecule has 0 spiro atoms. The number of hydrogen-bond donors (Lipinski definition) is 3. The lowest BCUT2D eigenvalue weighted by atomic mass is 9.88. The zero-order chi connectivity index (χ0) is 24.4. The number of nitrogens with one attached hydrogen (secondary N) is 3. The van der Waals surface area contributed by atoms with Gasteiger partial charge in [0.15, 0.2) is 0 Å². The van der Waals surface area contributed by atoms with Crippen molar-refractivity contribution in [1.82, 2.24) is 10.3 Å². The second kappa shape index (κ2) is 9.84. The summed E-state index contributed by atoms with van der Waals surface area (Å²) < 4.78 is 5.27. The topological polar surface area (TPSA) is 95.6 Å². The van der Waals surface area contributed by atoms with Gasteiger partial charge >= 0.3 is 6.03 Å². The maximum absolute atomic E-state index is 12.8. The van der Waals surface area contributed by atoms with Crippen molar-refractivity contribution in [1.29, 1.82) is 0 Å². The number of amides is 3. The van der Waals surface area contributed by atoms with Gasteiger partial charge in [0.05, 0.1) is 19.7 Å². The molecule has 1 aromatic heterocycles. The van der Waals surface area contributed by atoms with Gasteiger partial charge in [-0.1, -0.05) is 11.6 Å². The highest BCUT2D eigenvalue weighted by Crippen LogP contribution is 2.33. The van der Waals surface area contributed by atoms with Crippen LogP contribution < -0.4 is 25.6 Å². The van der Waals surface area contributed by atoms with E-state index in [0.29, 0.717) is 29.4 Å². The fourth-order valence-electron chi connectivity index (χ4n) is 4.67. The monoisotopic (exact) mass is 491 g/mol. The Labute approximate surface area is 208 Å². The SMILES string of the molecule is COc1ccc(C2CN(c3ccc4c(c3)CC(=O)N4)CCC2NC(=O)Nc2ccc(Cl)cc2)nc1. The van der Waals surface area contributed by atoms with Crippen molar-refractivity contribution in [2.75, 3.05) is 35.7 Å². The van der Waals surface area contributed by atoms with Crippen molar-refractivity contribution < 1.29 is 14.3 Å². The van der Waals surface area contributed by atoms with Gasteiger partial charge < -0.3 is 25.6 Å². The number of carbonyl (C=O) groups excluding carboxylic acids is 2. The molecule has 1 fully saturated rings. The number of pyridine rings is 1. The van der Waals surface area contributed by atoms with E-state index in [1.807, 2.05) is 24.3 Å². The van der Waals surface area contributed by atoms with Gasteiger partial charge in [-0.15, -0.1) is 0 Å². The van der Waals surface area contributed by atoms with Crippen LogP contribution in [0.15, 0.2) is 60.8 Å². The van der Waals surface area contributed by atoms with E-state index < -0.39 is 0 Å². The zero-order valence-electron chi connectivity index (χ0n) is 19.3. The highest BCUT2D eigenvalue weighted by Gasteiger charge is 2.33. The Balaban J connectivity index is 1.35. The Bertz CT molecular complexity index is 1230. The van der Waals surface area contributed by atoms with E-state index in [2.05, 4.69) is 31.9 Å². The molecule has 3 amide bonds. The molecule has 2 aliphatic rings. The summed E-state index contributed by atoms with van der Waals surface area (Å²) in [6.07, 6.45) is 2.84. The molecule has 2 unspecified atom stereocenters. The number of anilines is 3. The molecule has 2 aliphatic heterocycles. The van der Waals surface area contributed by atoms with Crippen LogP contribution in [0.25, 0.3) is 0 Å². The smallest absolute Gasteiger partial charge is 0.319 e. The number of aromatic nitrogens is 1. The van der Waals surface area contributed by atoms with Gasteiger partial charge in [-0.2, -0.15) is 0 Å². The number of ether oxygens (including phenoxy) is 1. The molecule has 2 atom stereocenters. The lowest BCUT2D eigenvalue weighted by molar-refractivity contribution is -0.115. The van der Waals surface area contributed by atoms with Crippen LogP contribution in [-0.4, -0.2) is 43.2 Å². The van der Waals surface area contributed by atoms with E-state index in [-0.39, 0.29) is 23.9 Å². The molecule has 35 heavy (non-hydrogen) atoms. The van der Waals surface area contributed by atoms with Gasteiger partial charge in [0, 0.05) is 52.8 Å². The molecule has 5 rings (SSSR count). The number of piperidine rings is 1. The third-order valence-corrected chi connectivity index (χ3v) is 6.74. The average Bonchev–Trinajstić information content (AvgIpc) is 3.25. The number of carbonyl (C=O) groups is 2. The lowest BCUT2D eigenvalue weighted by Gasteiger charge is -2.40. The maximum Gasteiger partial charge on any atom is 0.319 e. The van der Waals surface area contributed by atoms with Crippen LogP contribution in [0.1, 0.15) is 23.6 Å². The van der Waals surface area contributed by atoms with Gasteiger partial charge in [-0.25, -0.2) is 4.79 Å². The van der Waals surface area contributed by atoms with Gasteiger partial charge in [-0.3, -0.25) is 9.78 Å². The van der Waals surface area contributed by atoms with Crippen LogP contribution in [0.3, 0.4) is 0 Å². The molecule has 180 valence electrons. The Morgan fingerprint density at radius 2 is 2.00 bits per heavy atom. The van der Waals surface area contributed by atoms with Crippen molar-refractivity contribution in [3.63, 3.8) is 0 Å². The van der Waals surface area contributed by atoms with Crippen LogP contribution >= 0.6 is 11.6 Å². The Hall–Kier alpha value is -3.78. The first kappa shape index (κ1) is 23.0. The van der Waals surface area contributed by atoms with Crippen LogP contribution in [-0.2, 0) is 11.2 Å². The molecule has 1 saturated heterocycles. The van der Waals surface area contributed by atoms with Crippen molar-refractivity contribution >= 4 is 40.6 Å². The summed E-state index contributed by atoms with van der Waals surface area (Å²) in [5.41, 5.74) is 4.50. The molecule has 3 heterocycles. The first-order chi connectivity index (χ1) is 17.0. The average molecular weight is 492 g/mol. The molecular formula is C26H26ClN5O3. The van der Waals surface area contributed by atoms with Crippen LogP contribution in [0.4, 0.5) is 21.9 Å². The van der Waals surface area contributed by atoms with Gasteiger partial charge in [0.1, 0.15) is 5.75 Å². The number of benzene rings is 2. The number of methoxy groups -OCH3 is 1. The molecule has 0 bridgehead atoms. The largest absolute Gasteiger partial charge is 0.495 e. The fraction of sp³-hybridized carbons (Fsp3) is 0.269. The van der Waals surface area contributed by atoms with Crippen LogP contribution in [0.2, 0.25) is 5.02 Å². The molecule has 3 aromatic rings. The number of fused-ring (bicyclic) bond motifs is 1. The predicted molar refractivity (Wildman–Crippen MR) is 137 cm³/mol. The second-order valence-corrected chi connectivity index (χ2v) is 9.18. The van der Waals surface area contributed by atoms with E-state index >= 15 is 0 Å². The standard InChI is InChI=1S/C26H26ClN5O3/c1-35-20-7-9-23(28-14-20)21-15-32(19-6-8-22-16(12-19)13-25(33)30-22)11-10-24(21)31-26(34)29-18-4-2-17(27)3-5-18/h2-9,12,14,21,24H,10-11,13,15H2,1H3,(H,30,33)(H2,29,31,34). The van der Waals surface area contributed by atoms with Gasteiger partial charge in [0.25, 0.3) is 0 Å². The van der Waals surface area contributed by atoms with Crippen molar-refractivity contribution in [2.24, 2.45) is 0 Å². The lowest BCUT2D eigenvalue weighted by Crippen LogP contribution is -2.51. The summed E-state index contributed by atoms with van der Waals surface area (Å²) in [6, 6.07) is 16.5. The molecule has 0 saturated carbocycles. The van der Waals surface area contributed by atoms with Crippen LogP contribution in [0.5, 0.6) is 5.75 Å². The number of urea groups is 1. The number of rotatable bonds is 5. The molecular weight excluding hydrogens is 466 g/mol. The molecule has 3 N–H and O–H groups in total.